The van der Waals surface area contributed by atoms with Crippen LogP contribution in [0.4, 0.5) is 0 Å². The van der Waals surface area contributed by atoms with Crippen molar-refractivity contribution < 1.29 is 42.5 Å². The molecule has 90 valence electrons. The van der Waals surface area contributed by atoms with Crippen LogP contribution in [0.15, 0.2) is 24.3 Å². The fourth-order valence-corrected chi connectivity index (χ4v) is 2.53. The van der Waals surface area contributed by atoms with Gasteiger partial charge in [0, 0.05) is 11.3 Å². The predicted octanol–water partition coefficient (Wildman–Crippen LogP) is -2.44. The van der Waals surface area contributed by atoms with Gasteiger partial charge in [-0.25, -0.2) is 8.42 Å². The van der Waals surface area contributed by atoms with Gasteiger partial charge in [-0.2, -0.15) is 5.21 Å². The quantitative estimate of drug-likeness (QED) is 0.379. The van der Waals surface area contributed by atoms with Gasteiger partial charge in [-0.1, -0.05) is 18.2 Å². The molecule has 7 nitrogen and oxygen atoms in total. The van der Waals surface area contributed by atoms with Crippen molar-refractivity contribution in [1.82, 2.24) is 20.6 Å². The van der Waals surface area contributed by atoms with Gasteiger partial charge in [-0.3, -0.25) is 0 Å². The molecule has 2 rings (SSSR count). The maximum atomic E-state index is 10.5. The van der Waals surface area contributed by atoms with Crippen molar-refractivity contribution in [3.63, 3.8) is 0 Å². The van der Waals surface area contributed by atoms with E-state index in [-0.39, 0.29) is 35.3 Å². The first-order chi connectivity index (χ1) is 8.04. The molecule has 0 radical (unpaired) electrons. The molecule has 0 aliphatic heterocycles. The topological polar surface area (TPSA) is 112 Å². The van der Waals surface area contributed by atoms with Gasteiger partial charge >= 0.3 is 29.6 Å². The molecule has 0 fully saturated rings. The van der Waals surface area contributed by atoms with Crippen molar-refractivity contribution in [2.75, 3.05) is 0 Å². The summed E-state index contributed by atoms with van der Waals surface area (Å²) >= 11 is 0. The second-order valence-electron chi connectivity index (χ2n) is 3.11. The van der Waals surface area contributed by atoms with Crippen LogP contribution in [0.3, 0.4) is 0 Å². The Bertz CT molecular complexity index is 603. The Morgan fingerprint density at radius 3 is 2.78 bits per heavy atom. The third-order valence-corrected chi connectivity index (χ3v) is 3.86. The molecule has 2 aromatic rings. The van der Waals surface area contributed by atoms with E-state index >= 15 is 0 Å². The number of hydrogen-bond acceptors (Lipinski definition) is 7. The molecule has 0 aliphatic rings. The van der Waals surface area contributed by atoms with E-state index in [1.54, 1.807) is 24.3 Å². The van der Waals surface area contributed by atoms with E-state index in [0.29, 0.717) is 27.7 Å². The normalized spacial score (nSPS) is 10.9. The molecule has 1 aromatic carbocycles. The largest absolute Gasteiger partial charge is 1.00 e. The number of benzene rings is 1. The third-order valence-electron chi connectivity index (χ3n) is 1.90. The van der Waals surface area contributed by atoms with Gasteiger partial charge in [0.2, 0.25) is 5.82 Å². The molecule has 0 spiro atoms. The number of rotatable bonds is 4. The van der Waals surface area contributed by atoms with Gasteiger partial charge in [0.1, 0.15) is 9.15 Å². The number of hydrogen-bond donors (Lipinski definition) is 1. The number of nitrogens with one attached hydrogen (secondary N) is 1. The predicted molar refractivity (Wildman–Crippen MR) is 60.6 cm³/mol. The molecule has 1 N–H and O–H groups in total. The third kappa shape index (κ3) is 4.67. The number of aromatic amines is 1. The molecule has 0 bridgehead atoms. The van der Waals surface area contributed by atoms with Gasteiger partial charge < -0.3 is 4.55 Å². The first-order valence-electron chi connectivity index (χ1n) is 4.47. The number of tetrazole rings is 1. The Morgan fingerprint density at radius 2 is 2.17 bits per heavy atom. The summed E-state index contributed by atoms with van der Waals surface area (Å²) in [6.45, 7) is 0. The standard InChI is InChI=1S/C8H8N4O3S2.Na/c13-17(14,15)16-5-6-2-1-3-7(4-6)8-9-11-12-10-8;/h1-4H,5H2,(H,13,14,15)(H,9,10,11,12);/q;+1/p-1. The average Bonchev–Trinajstić information content (AvgIpc) is 2.79. The zero-order chi connectivity index (χ0) is 12.3. The van der Waals surface area contributed by atoms with Crippen molar-refractivity contribution in [1.29, 1.82) is 0 Å². The van der Waals surface area contributed by atoms with Crippen LogP contribution in [-0.2, 0) is 14.9 Å². The first-order valence-corrected chi connectivity index (χ1v) is 7.39. The van der Waals surface area contributed by atoms with Crippen LogP contribution in [0.2, 0.25) is 0 Å². The van der Waals surface area contributed by atoms with Crippen LogP contribution < -0.4 is 29.6 Å². The number of H-pyrrole nitrogens is 1. The van der Waals surface area contributed by atoms with Gasteiger partial charge in [0.05, 0.1) is 0 Å². The minimum absolute atomic E-state index is 0. The molecule has 10 heteroatoms. The first kappa shape index (κ1) is 15.6. The summed E-state index contributed by atoms with van der Waals surface area (Å²) in [4.78, 5) is 0. The summed E-state index contributed by atoms with van der Waals surface area (Å²) in [6.07, 6.45) is 0. The average molecular weight is 294 g/mol. The molecule has 0 unspecified atom stereocenters. The van der Waals surface area contributed by atoms with Crippen molar-refractivity contribution in [3.8, 4) is 11.4 Å². The van der Waals surface area contributed by atoms with Crippen LogP contribution >= 0.6 is 10.8 Å². The molecule has 18 heavy (non-hydrogen) atoms. The zero-order valence-electron chi connectivity index (χ0n) is 9.40. The smallest absolute Gasteiger partial charge is 0.739 e. The SMILES string of the molecule is O=S(=O)([O-])SCc1cccc(-c2nn[nH]n2)c1.[Na+]. The second-order valence-corrected chi connectivity index (χ2v) is 6.38. The second kappa shape index (κ2) is 6.64. The molecule has 0 amide bonds. The van der Waals surface area contributed by atoms with Crippen molar-refractivity contribution >= 4 is 19.9 Å². The van der Waals surface area contributed by atoms with E-state index in [0.717, 1.165) is 0 Å². The Balaban J connectivity index is 0.00000162. The molecule has 1 aromatic heterocycles. The maximum Gasteiger partial charge on any atom is 1.00 e. The van der Waals surface area contributed by atoms with Crippen LogP contribution in [-0.4, -0.2) is 33.6 Å². The molecule has 0 saturated heterocycles. The van der Waals surface area contributed by atoms with Crippen molar-refractivity contribution in [2.45, 2.75) is 5.75 Å². The van der Waals surface area contributed by atoms with Gasteiger partial charge in [-0.05, 0) is 27.6 Å². The Kier molecular flexibility index (Phi) is 5.76. The Morgan fingerprint density at radius 1 is 1.39 bits per heavy atom. The zero-order valence-corrected chi connectivity index (χ0v) is 13.0. The summed E-state index contributed by atoms with van der Waals surface area (Å²) in [6, 6.07) is 6.94. The Hall–Kier alpha value is -0.450. The van der Waals surface area contributed by atoms with E-state index in [1.165, 1.54) is 0 Å². The molecular weight excluding hydrogens is 287 g/mol. The van der Waals surface area contributed by atoms with Crippen LogP contribution in [0.1, 0.15) is 5.56 Å². The minimum atomic E-state index is -4.27. The molecule has 0 saturated carbocycles. The van der Waals surface area contributed by atoms with Gasteiger partial charge in [0.25, 0.3) is 0 Å². The van der Waals surface area contributed by atoms with E-state index in [2.05, 4.69) is 20.6 Å². The summed E-state index contributed by atoms with van der Waals surface area (Å²) in [5.41, 5.74) is 1.41. The summed E-state index contributed by atoms with van der Waals surface area (Å²) < 4.78 is 31.5. The maximum absolute atomic E-state index is 10.5. The molecule has 1 heterocycles. The van der Waals surface area contributed by atoms with Gasteiger partial charge in [0.15, 0.2) is 0 Å². The Labute approximate surface area is 129 Å². The monoisotopic (exact) mass is 294 g/mol. The summed E-state index contributed by atoms with van der Waals surface area (Å²) in [7, 11) is -3.93. The fraction of sp³-hybridized carbons (Fsp3) is 0.125. The van der Waals surface area contributed by atoms with Crippen LogP contribution in [0.5, 0.6) is 0 Å². The van der Waals surface area contributed by atoms with Crippen LogP contribution in [0, 0.1) is 0 Å². The van der Waals surface area contributed by atoms with Crippen molar-refractivity contribution in [3.05, 3.63) is 29.8 Å². The van der Waals surface area contributed by atoms with Crippen molar-refractivity contribution in [2.24, 2.45) is 0 Å². The van der Waals surface area contributed by atoms with E-state index in [4.69, 9.17) is 0 Å². The summed E-state index contributed by atoms with van der Waals surface area (Å²) in [5.74, 6) is 0.513. The van der Waals surface area contributed by atoms with Gasteiger partial charge in [-0.15, -0.1) is 10.2 Å². The van der Waals surface area contributed by atoms with E-state index < -0.39 is 9.15 Å². The van der Waals surface area contributed by atoms with Crippen LogP contribution in [0.25, 0.3) is 11.4 Å². The minimum Gasteiger partial charge on any atom is -0.739 e. The molecular formula is C8H7N4NaO3S2. The molecule has 0 aliphatic carbocycles. The molecule has 0 atom stereocenters. The fourth-order valence-electron chi connectivity index (χ4n) is 1.22. The van der Waals surface area contributed by atoms with E-state index in [1.807, 2.05) is 0 Å². The number of nitrogens with zero attached hydrogens (tertiary/aromatic N) is 3. The van der Waals surface area contributed by atoms with E-state index in [9.17, 15) is 13.0 Å². The summed E-state index contributed by atoms with van der Waals surface area (Å²) in [5, 5.41) is 13.4. The number of aromatic nitrogens is 4.